The maximum Gasteiger partial charge on any atom is 0.159 e. The van der Waals surface area contributed by atoms with E-state index in [9.17, 15) is 4.79 Å². The Morgan fingerprint density at radius 3 is 1.71 bits per heavy atom. The lowest BCUT2D eigenvalue weighted by molar-refractivity contribution is 0.101. The van der Waals surface area contributed by atoms with Gasteiger partial charge in [0, 0.05) is 41.5 Å². The Hall–Kier alpha value is -2.81. The van der Waals surface area contributed by atoms with Crippen molar-refractivity contribution in [3.05, 3.63) is 72.8 Å². The van der Waals surface area contributed by atoms with Crippen LogP contribution in [-0.2, 0) is 0 Å². The largest absolute Gasteiger partial charge is 0.295 e. The molecule has 102 valence electrons. The molecule has 2 heterocycles. The summed E-state index contributed by atoms with van der Waals surface area (Å²) in [7, 11) is 0. The summed E-state index contributed by atoms with van der Waals surface area (Å²) in [5.41, 5.74) is 4.64. The molecule has 0 fully saturated rings. The lowest BCUT2D eigenvalue weighted by Gasteiger charge is -2.08. The zero-order valence-electron chi connectivity index (χ0n) is 11.7. The third kappa shape index (κ3) is 2.87. The number of aromatic nitrogens is 2. The number of rotatable bonds is 3. The van der Waals surface area contributed by atoms with Gasteiger partial charge in [0.2, 0.25) is 0 Å². The van der Waals surface area contributed by atoms with Crippen LogP contribution in [0.2, 0.25) is 0 Å². The van der Waals surface area contributed by atoms with Crippen molar-refractivity contribution in [2.75, 3.05) is 0 Å². The molecule has 0 saturated carbocycles. The minimum Gasteiger partial charge on any atom is -0.295 e. The molecule has 3 aromatic rings. The van der Waals surface area contributed by atoms with Crippen LogP contribution in [0, 0.1) is 0 Å². The molecule has 0 aliphatic heterocycles. The molecule has 0 bridgehead atoms. The van der Waals surface area contributed by atoms with Crippen LogP contribution in [-0.4, -0.2) is 15.8 Å². The molecule has 0 N–H and O–H groups in total. The zero-order valence-corrected chi connectivity index (χ0v) is 11.7. The molecular weight excluding hydrogens is 260 g/mol. The Labute approximate surface area is 123 Å². The van der Waals surface area contributed by atoms with Gasteiger partial charge in [-0.3, -0.25) is 14.8 Å². The Morgan fingerprint density at radius 2 is 1.33 bits per heavy atom. The van der Waals surface area contributed by atoms with E-state index in [4.69, 9.17) is 0 Å². The number of carbonyl (C=O) groups is 1. The zero-order chi connectivity index (χ0) is 14.7. The second-order valence-electron chi connectivity index (χ2n) is 4.84. The van der Waals surface area contributed by atoms with E-state index in [1.807, 2.05) is 36.4 Å². The molecule has 0 aliphatic rings. The number of Topliss-reactive ketones (excluding diaryl/α,β-unsaturated/α-hetero) is 1. The molecule has 21 heavy (non-hydrogen) atoms. The van der Waals surface area contributed by atoms with E-state index in [2.05, 4.69) is 16.0 Å². The average Bonchev–Trinajstić information content (AvgIpc) is 2.56. The second kappa shape index (κ2) is 5.67. The highest BCUT2D eigenvalue weighted by Crippen LogP contribution is 2.27. The summed E-state index contributed by atoms with van der Waals surface area (Å²) >= 11 is 0. The molecule has 3 heteroatoms. The van der Waals surface area contributed by atoms with Gasteiger partial charge in [-0.2, -0.15) is 0 Å². The average molecular weight is 274 g/mol. The highest BCUT2D eigenvalue weighted by molar-refractivity contribution is 5.97. The van der Waals surface area contributed by atoms with Crippen molar-refractivity contribution in [1.82, 2.24) is 9.97 Å². The summed E-state index contributed by atoms with van der Waals surface area (Å²) < 4.78 is 0. The normalized spacial score (nSPS) is 10.3. The van der Waals surface area contributed by atoms with Crippen molar-refractivity contribution in [1.29, 1.82) is 0 Å². The van der Waals surface area contributed by atoms with E-state index < -0.39 is 0 Å². The first kappa shape index (κ1) is 13.2. The lowest BCUT2D eigenvalue weighted by Crippen LogP contribution is -1.94. The Morgan fingerprint density at radius 1 is 0.810 bits per heavy atom. The van der Waals surface area contributed by atoms with Gasteiger partial charge in [0.05, 0.1) is 0 Å². The number of ketones is 1. The van der Waals surface area contributed by atoms with Gasteiger partial charge in [-0.05, 0) is 48.4 Å². The molecule has 1 aromatic carbocycles. The number of carbonyl (C=O) groups excluding carboxylic acids is 1. The van der Waals surface area contributed by atoms with E-state index >= 15 is 0 Å². The summed E-state index contributed by atoms with van der Waals surface area (Å²) in [5, 5.41) is 0. The molecule has 0 saturated heterocycles. The second-order valence-corrected chi connectivity index (χ2v) is 4.84. The van der Waals surface area contributed by atoms with Gasteiger partial charge in [-0.25, -0.2) is 0 Å². The standard InChI is InChI=1S/C18H14N2O/c1-13(21)16-8-17(14-4-2-6-19-11-14)10-18(9-16)15-5-3-7-20-12-15/h2-12H,1H3. The fraction of sp³-hybridized carbons (Fsp3) is 0.0556. The first-order valence-corrected chi connectivity index (χ1v) is 6.71. The summed E-state index contributed by atoms with van der Waals surface area (Å²) in [5.74, 6) is 0.0471. The van der Waals surface area contributed by atoms with Gasteiger partial charge in [0.15, 0.2) is 5.78 Å². The van der Waals surface area contributed by atoms with Crippen LogP contribution in [0.1, 0.15) is 17.3 Å². The highest BCUT2D eigenvalue weighted by atomic mass is 16.1. The molecular formula is C18H14N2O. The number of pyridine rings is 2. The number of hydrogen-bond donors (Lipinski definition) is 0. The molecule has 0 atom stereocenters. The third-order valence-electron chi connectivity index (χ3n) is 3.33. The first-order chi connectivity index (χ1) is 10.2. The lowest BCUT2D eigenvalue weighted by atomic mass is 9.96. The summed E-state index contributed by atoms with van der Waals surface area (Å²) in [6, 6.07) is 13.6. The maximum atomic E-state index is 11.8. The number of nitrogens with zero attached hydrogens (tertiary/aromatic N) is 2. The van der Waals surface area contributed by atoms with Crippen molar-refractivity contribution in [3.8, 4) is 22.3 Å². The SMILES string of the molecule is CC(=O)c1cc(-c2cccnc2)cc(-c2cccnc2)c1. The molecule has 0 amide bonds. The van der Waals surface area contributed by atoms with Crippen molar-refractivity contribution in [2.45, 2.75) is 6.92 Å². The fourth-order valence-electron chi connectivity index (χ4n) is 2.23. The molecule has 0 radical (unpaired) electrons. The Bertz CT molecular complexity index is 710. The smallest absolute Gasteiger partial charge is 0.159 e. The number of hydrogen-bond acceptors (Lipinski definition) is 3. The summed E-state index contributed by atoms with van der Waals surface area (Å²) in [6.07, 6.45) is 7.07. The predicted octanol–water partition coefficient (Wildman–Crippen LogP) is 4.01. The predicted molar refractivity (Wildman–Crippen MR) is 82.9 cm³/mol. The molecule has 0 unspecified atom stereocenters. The van der Waals surface area contributed by atoms with Crippen LogP contribution in [0.15, 0.2) is 67.3 Å². The minimum absolute atomic E-state index is 0.0471. The van der Waals surface area contributed by atoms with E-state index in [1.165, 1.54) is 0 Å². The van der Waals surface area contributed by atoms with Gasteiger partial charge in [-0.1, -0.05) is 12.1 Å². The highest BCUT2D eigenvalue weighted by Gasteiger charge is 2.08. The number of benzene rings is 1. The quantitative estimate of drug-likeness (QED) is 0.678. The molecule has 3 nitrogen and oxygen atoms in total. The van der Waals surface area contributed by atoms with Crippen molar-refractivity contribution >= 4 is 5.78 Å². The van der Waals surface area contributed by atoms with Crippen molar-refractivity contribution in [3.63, 3.8) is 0 Å². The van der Waals surface area contributed by atoms with Crippen molar-refractivity contribution in [2.24, 2.45) is 0 Å². The van der Waals surface area contributed by atoms with E-state index in [1.54, 1.807) is 31.7 Å². The van der Waals surface area contributed by atoms with Gasteiger partial charge in [0.1, 0.15) is 0 Å². The molecule has 0 spiro atoms. The van der Waals surface area contributed by atoms with Gasteiger partial charge in [0.25, 0.3) is 0 Å². The van der Waals surface area contributed by atoms with Gasteiger partial charge in [-0.15, -0.1) is 0 Å². The van der Waals surface area contributed by atoms with Crippen LogP contribution in [0.4, 0.5) is 0 Å². The Balaban J connectivity index is 2.18. The van der Waals surface area contributed by atoms with Crippen LogP contribution in [0.25, 0.3) is 22.3 Å². The van der Waals surface area contributed by atoms with Gasteiger partial charge >= 0.3 is 0 Å². The molecule has 2 aromatic heterocycles. The summed E-state index contributed by atoms with van der Waals surface area (Å²) in [6.45, 7) is 1.58. The van der Waals surface area contributed by atoms with Crippen LogP contribution < -0.4 is 0 Å². The van der Waals surface area contributed by atoms with Gasteiger partial charge < -0.3 is 0 Å². The topological polar surface area (TPSA) is 42.9 Å². The first-order valence-electron chi connectivity index (χ1n) is 6.71. The third-order valence-corrected chi connectivity index (χ3v) is 3.33. The maximum absolute atomic E-state index is 11.8. The van der Waals surface area contributed by atoms with E-state index in [0.29, 0.717) is 5.56 Å². The van der Waals surface area contributed by atoms with Crippen LogP contribution in [0.5, 0.6) is 0 Å². The summed E-state index contributed by atoms with van der Waals surface area (Å²) in [4.78, 5) is 20.1. The van der Waals surface area contributed by atoms with E-state index in [-0.39, 0.29) is 5.78 Å². The van der Waals surface area contributed by atoms with Crippen molar-refractivity contribution < 1.29 is 4.79 Å². The van der Waals surface area contributed by atoms with Crippen LogP contribution in [0.3, 0.4) is 0 Å². The molecule has 0 aliphatic carbocycles. The minimum atomic E-state index is 0.0471. The van der Waals surface area contributed by atoms with Crippen LogP contribution >= 0.6 is 0 Å². The Kier molecular flexibility index (Phi) is 3.56. The molecule has 3 rings (SSSR count). The van der Waals surface area contributed by atoms with E-state index in [0.717, 1.165) is 22.3 Å². The monoisotopic (exact) mass is 274 g/mol. The fourth-order valence-corrected chi connectivity index (χ4v) is 2.23.